The largest absolute Gasteiger partial charge is 0.325 e. The Balaban J connectivity index is 1.44. The molecular formula is C19H24N4O2S2. The molecule has 1 aromatic carbocycles. The molecular weight excluding hydrogens is 380 g/mol. The van der Waals surface area contributed by atoms with Gasteiger partial charge in [0.25, 0.3) is 0 Å². The van der Waals surface area contributed by atoms with Crippen LogP contribution in [0.1, 0.15) is 44.6 Å². The number of carbonyl (C=O) groups excluding carboxylic acids is 2. The van der Waals surface area contributed by atoms with Gasteiger partial charge in [0.15, 0.2) is 4.34 Å². The minimum absolute atomic E-state index is 0.0377. The number of benzene rings is 1. The second-order valence-electron chi connectivity index (χ2n) is 6.58. The quantitative estimate of drug-likeness (QED) is 0.529. The summed E-state index contributed by atoms with van der Waals surface area (Å²) in [7, 11) is 0. The lowest BCUT2D eigenvalue weighted by atomic mass is 9.89. The minimum Gasteiger partial charge on any atom is -0.325 e. The lowest BCUT2D eigenvalue weighted by Gasteiger charge is -2.19. The van der Waals surface area contributed by atoms with E-state index in [1.807, 2.05) is 24.3 Å². The van der Waals surface area contributed by atoms with Crippen LogP contribution in [0.5, 0.6) is 0 Å². The van der Waals surface area contributed by atoms with Crippen LogP contribution in [0.4, 0.5) is 10.8 Å². The first-order valence-electron chi connectivity index (χ1n) is 9.30. The van der Waals surface area contributed by atoms with E-state index in [0.29, 0.717) is 9.47 Å². The molecule has 1 saturated carbocycles. The van der Waals surface area contributed by atoms with Gasteiger partial charge in [-0.1, -0.05) is 61.4 Å². The molecule has 0 spiro atoms. The Bertz CT molecular complexity index is 770. The van der Waals surface area contributed by atoms with E-state index < -0.39 is 0 Å². The predicted molar refractivity (Wildman–Crippen MR) is 110 cm³/mol. The van der Waals surface area contributed by atoms with E-state index in [4.69, 9.17) is 0 Å². The fourth-order valence-electron chi connectivity index (χ4n) is 3.04. The molecule has 0 atom stereocenters. The summed E-state index contributed by atoms with van der Waals surface area (Å²) < 4.78 is 0.672. The summed E-state index contributed by atoms with van der Waals surface area (Å²) in [6.07, 6.45) is 6.32. The summed E-state index contributed by atoms with van der Waals surface area (Å²) >= 11 is 2.63. The molecule has 3 rings (SSSR count). The monoisotopic (exact) mass is 404 g/mol. The first-order valence-corrected chi connectivity index (χ1v) is 11.1. The van der Waals surface area contributed by atoms with Crippen molar-refractivity contribution in [3.63, 3.8) is 0 Å². The molecule has 27 heavy (non-hydrogen) atoms. The van der Waals surface area contributed by atoms with Crippen molar-refractivity contribution in [2.45, 2.75) is 49.8 Å². The van der Waals surface area contributed by atoms with Gasteiger partial charge in [0, 0.05) is 11.6 Å². The molecule has 1 aliphatic rings. The highest BCUT2D eigenvalue weighted by Gasteiger charge is 2.22. The van der Waals surface area contributed by atoms with Gasteiger partial charge < -0.3 is 10.6 Å². The Morgan fingerprint density at radius 3 is 2.56 bits per heavy atom. The zero-order chi connectivity index (χ0) is 19.1. The van der Waals surface area contributed by atoms with Gasteiger partial charge in [-0.2, -0.15) is 0 Å². The molecule has 144 valence electrons. The van der Waals surface area contributed by atoms with Crippen molar-refractivity contribution in [3.05, 3.63) is 29.8 Å². The second-order valence-corrected chi connectivity index (χ2v) is 8.78. The highest BCUT2D eigenvalue weighted by molar-refractivity contribution is 8.01. The van der Waals surface area contributed by atoms with Crippen LogP contribution in [0.2, 0.25) is 0 Å². The third-order valence-corrected chi connectivity index (χ3v) is 6.56. The number of aryl methyl sites for hydroxylation is 1. The fourth-order valence-corrected chi connectivity index (χ4v) is 4.59. The van der Waals surface area contributed by atoms with Gasteiger partial charge in [0.1, 0.15) is 0 Å². The van der Waals surface area contributed by atoms with Gasteiger partial charge >= 0.3 is 0 Å². The van der Waals surface area contributed by atoms with Crippen molar-refractivity contribution >= 4 is 45.7 Å². The zero-order valence-electron chi connectivity index (χ0n) is 15.4. The first kappa shape index (κ1) is 19.8. The van der Waals surface area contributed by atoms with Gasteiger partial charge in [-0.05, 0) is 37.0 Å². The molecule has 6 nitrogen and oxygen atoms in total. The SMILES string of the molecule is CCc1ccc(NC(=O)CSc2nnc(NC(=O)C3CCCCC3)s2)cc1. The maximum absolute atomic E-state index is 12.2. The van der Waals surface area contributed by atoms with E-state index >= 15 is 0 Å². The number of carbonyl (C=O) groups is 2. The van der Waals surface area contributed by atoms with E-state index in [2.05, 4.69) is 27.8 Å². The number of rotatable bonds is 7. The molecule has 8 heteroatoms. The van der Waals surface area contributed by atoms with Crippen molar-refractivity contribution in [1.82, 2.24) is 10.2 Å². The van der Waals surface area contributed by atoms with E-state index in [1.54, 1.807) is 0 Å². The van der Waals surface area contributed by atoms with Crippen molar-refractivity contribution < 1.29 is 9.59 Å². The molecule has 1 fully saturated rings. The summed E-state index contributed by atoms with van der Waals surface area (Å²) in [6, 6.07) is 7.83. The molecule has 1 heterocycles. The molecule has 0 aliphatic heterocycles. The summed E-state index contributed by atoms with van der Waals surface area (Å²) in [4.78, 5) is 24.3. The normalized spacial score (nSPS) is 14.7. The van der Waals surface area contributed by atoms with Gasteiger partial charge in [0.2, 0.25) is 16.9 Å². The van der Waals surface area contributed by atoms with Crippen LogP contribution in [-0.4, -0.2) is 27.8 Å². The second kappa shape index (κ2) is 9.85. The summed E-state index contributed by atoms with van der Waals surface area (Å²) in [5, 5.41) is 14.3. The highest BCUT2D eigenvalue weighted by atomic mass is 32.2. The lowest BCUT2D eigenvalue weighted by Crippen LogP contribution is -2.24. The molecule has 2 aromatic rings. The minimum atomic E-state index is -0.0905. The van der Waals surface area contributed by atoms with Crippen molar-refractivity contribution in [3.8, 4) is 0 Å². The van der Waals surface area contributed by atoms with Crippen LogP contribution in [0.3, 0.4) is 0 Å². The third kappa shape index (κ3) is 6.04. The van der Waals surface area contributed by atoms with Crippen LogP contribution in [-0.2, 0) is 16.0 Å². The zero-order valence-corrected chi connectivity index (χ0v) is 17.0. The molecule has 0 bridgehead atoms. The van der Waals surface area contributed by atoms with Crippen LogP contribution >= 0.6 is 23.1 Å². The van der Waals surface area contributed by atoms with E-state index in [0.717, 1.165) is 37.8 Å². The van der Waals surface area contributed by atoms with E-state index in [1.165, 1.54) is 35.1 Å². The van der Waals surface area contributed by atoms with Crippen molar-refractivity contribution in [2.24, 2.45) is 5.92 Å². The van der Waals surface area contributed by atoms with Crippen molar-refractivity contribution in [1.29, 1.82) is 0 Å². The number of nitrogens with zero attached hydrogens (tertiary/aromatic N) is 2. The maximum atomic E-state index is 12.2. The van der Waals surface area contributed by atoms with E-state index in [-0.39, 0.29) is 23.5 Å². The number of anilines is 2. The van der Waals surface area contributed by atoms with Crippen LogP contribution in [0.15, 0.2) is 28.6 Å². The van der Waals surface area contributed by atoms with Gasteiger partial charge in [0.05, 0.1) is 5.75 Å². The molecule has 0 saturated heterocycles. The average molecular weight is 405 g/mol. The summed E-state index contributed by atoms with van der Waals surface area (Å²) in [6.45, 7) is 2.10. The van der Waals surface area contributed by atoms with Crippen molar-refractivity contribution in [2.75, 3.05) is 16.4 Å². The van der Waals surface area contributed by atoms with Crippen LogP contribution in [0.25, 0.3) is 0 Å². The number of nitrogens with one attached hydrogen (secondary N) is 2. The Hall–Kier alpha value is -1.93. The predicted octanol–water partition coefficient (Wildman–Crippen LogP) is 4.35. The summed E-state index contributed by atoms with van der Waals surface area (Å²) in [5.74, 6) is 0.285. The lowest BCUT2D eigenvalue weighted by molar-refractivity contribution is -0.120. The molecule has 0 unspecified atom stereocenters. The third-order valence-electron chi connectivity index (χ3n) is 4.59. The van der Waals surface area contributed by atoms with Gasteiger partial charge in [-0.25, -0.2) is 0 Å². The Morgan fingerprint density at radius 2 is 1.85 bits per heavy atom. The summed E-state index contributed by atoms with van der Waals surface area (Å²) in [5.41, 5.74) is 2.02. The Kier molecular flexibility index (Phi) is 7.23. The highest BCUT2D eigenvalue weighted by Crippen LogP contribution is 2.28. The molecule has 1 aromatic heterocycles. The smallest absolute Gasteiger partial charge is 0.234 e. The molecule has 2 N–H and O–H groups in total. The Morgan fingerprint density at radius 1 is 1.11 bits per heavy atom. The topological polar surface area (TPSA) is 84.0 Å². The van der Waals surface area contributed by atoms with Crippen LogP contribution in [0, 0.1) is 5.92 Å². The van der Waals surface area contributed by atoms with Gasteiger partial charge in [-0.15, -0.1) is 10.2 Å². The fraction of sp³-hybridized carbons (Fsp3) is 0.474. The van der Waals surface area contributed by atoms with E-state index in [9.17, 15) is 9.59 Å². The number of aromatic nitrogens is 2. The number of amides is 2. The number of hydrogen-bond acceptors (Lipinski definition) is 6. The molecule has 2 amide bonds. The molecule has 1 aliphatic carbocycles. The maximum Gasteiger partial charge on any atom is 0.234 e. The Labute approximate surface area is 167 Å². The van der Waals surface area contributed by atoms with Gasteiger partial charge in [-0.3, -0.25) is 9.59 Å². The number of hydrogen-bond donors (Lipinski definition) is 2. The standard InChI is InChI=1S/C19H24N4O2S2/c1-2-13-8-10-15(11-9-13)20-16(24)12-26-19-23-22-18(27-19)21-17(25)14-6-4-3-5-7-14/h8-11,14H,2-7,12H2,1H3,(H,20,24)(H,21,22,25). The number of thioether (sulfide) groups is 1. The van der Waals surface area contributed by atoms with Crippen LogP contribution < -0.4 is 10.6 Å². The average Bonchev–Trinajstić information content (AvgIpc) is 3.15. The molecule has 0 radical (unpaired) electrons. The first-order chi connectivity index (χ1) is 13.1.